The molecule has 0 bridgehead atoms. The summed E-state index contributed by atoms with van der Waals surface area (Å²) in [5.41, 5.74) is 0. The van der Waals surface area contributed by atoms with Gasteiger partial charge in [0.25, 0.3) is 0 Å². The van der Waals surface area contributed by atoms with Gasteiger partial charge < -0.3 is 15.5 Å². The number of aliphatic carboxylic acids is 2. The van der Waals surface area contributed by atoms with Gasteiger partial charge >= 0.3 is 11.9 Å². The summed E-state index contributed by atoms with van der Waals surface area (Å²) < 4.78 is 0. The lowest BCUT2D eigenvalue weighted by atomic mass is 9.92. The number of carbonyl (C=O) groups is 3. The van der Waals surface area contributed by atoms with Gasteiger partial charge in [0.1, 0.15) is 6.04 Å². The van der Waals surface area contributed by atoms with E-state index in [4.69, 9.17) is 10.2 Å². The maximum atomic E-state index is 10.9. The predicted octanol–water partition coefficient (Wildman–Crippen LogP) is -0.950. The molecule has 0 radical (unpaired) electrons. The Kier molecular flexibility index (Phi) is 2.50. The molecule has 0 aromatic heterocycles. The first kappa shape index (κ1) is 9.50. The highest BCUT2D eigenvalue weighted by atomic mass is 16.4. The molecule has 3 N–H and O–H groups in total. The summed E-state index contributed by atoms with van der Waals surface area (Å²) in [5.74, 6) is -3.72. The van der Waals surface area contributed by atoms with E-state index in [0.717, 1.165) is 0 Å². The molecule has 0 aromatic rings. The van der Waals surface area contributed by atoms with E-state index in [9.17, 15) is 14.4 Å². The first-order chi connectivity index (χ1) is 6.00. The summed E-state index contributed by atoms with van der Waals surface area (Å²) in [4.78, 5) is 31.8. The molecular formula is C7H9NO5. The summed E-state index contributed by atoms with van der Waals surface area (Å²) >= 11 is 0. The van der Waals surface area contributed by atoms with E-state index in [0.29, 0.717) is 0 Å². The molecule has 1 aliphatic rings. The van der Waals surface area contributed by atoms with Crippen LogP contribution < -0.4 is 5.32 Å². The number of carboxylic acid groups (broad SMARTS) is 2. The number of hydrogen-bond donors (Lipinski definition) is 3. The molecule has 1 saturated heterocycles. The molecule has 0 unspecified atom stereocenters. The number of piperidine rings is 1. The van der Waals surface area contributed by atoms with E-state index in [1.807, 2.05) is 0 Å². The minimum Gasteiger partial charge on any atom is -0.481 e. The van der Waals surface area contributed by atoms with Crippen LogP contribution in [0.5, 0.6) is 0 Å². The third kappa shape index (κ3) is 2.17. The monoisotopic (exact) mass is 187 g/mol. The standard InChI is InChI=1S/C7H9NO5/c9-5-2-3(6(10)11)1-4(8-5)7(12)13/h3-4H,1-2H2,(H,8,9)(H,10,11)(H,12,13)/t3-,4-/m0/s1. The van der Waals surface area contributed by atoms with Gasteiger partial charge in [-0.1, -0.05) is 0 Å². The number of amides is 1. The van der Waals surface area contributed by atoms with E-state index >= 15 is 0 Å². The number of nitrogens with one attached hydrogen (secondary N) is 1. The molecule has 72 valence electrons. The van der Waals surface area contributed by atoms with Crippen LogP contribution in [-0.4, -0.2) is 34.1 Å². The van der Waals surface area contributed by atoms with Crippen molar-refractivity contribution >= 4 is 17.8 Å². The summed E-state index contributed by atoms with van der Waals surface area (Å²) in [6, 6.07) is -1.07. The van der Waals surface area contributed by atoms with Crippen molar-refractivity contribution in [1.29, 1.82) is 0 Å². The minimum atomic E-state index is -1.20. The highest BCUT2D eigenvalue weighted by Gasteiger charge is 2.34. The number of carbonyl (C=O) groups excluding carboxylic acids is 1. The van der Waals surface area contributed by atoms with Gasteiger partial charge in [0.05, 0.1) is 5.92 Å². The van der Waals surface area contributed by atoms with Crippen molar-refractivity contribution in [1.82, 2.24) is 5.32 Å². The molecule has 1 aliphatic heterocycles. The van der Waals surface area contributed by atoms with Crippen LogP contribution in [0.3, 0.4) is 0 Å². The van der Waals surface area contributed by atoms with Crippen molar-refractivity contribution in [2.24, 2.45) is 5.92 Å². The van der Waals surface area contributed by atoms with Gasteiger partial charge in [0.15, 0.2) is 0 Å². The molecule has 1 fully saturated rings. The van der Waals surface area contributed by atoms with Crippen LogP contribution in [0.15, 0.2) is 0 Å². The number of rotatable bonds is 2. The van der Waals surface area contributed by atoms with Gasteiger partial charge in [0.2, 0.25) is 5.91 Å². The van der Waals surface area contributed by atoms with E-state index < -0.39 is 29.8 Å². The highest BCUT2D eigenvalue weighted by molar-refractivity contribution is 5.89. The Balaban J connectivity index is 2.68. The Bertz CT molecular complexity index is 238. The molecule has 0 aromatic carbocycles. The van der Waals surface area contributed by atoms with Crippen LogP contribution in [0.1, 0.15) is 12.8 Å². The lowest BCUT2D eigenvalue weighted by Crippen LogP contribution is -2.48. The van der Waals surface area contributed by atoms with Crippen molar-refractivity contribution in [2.45, 2.75) is 18.9 Å². The summed E-state index contributed by atoms with van der Waals surface area (Å²) in [6.07, 6.45) is -0.185. The Labute approximate surface area is 73.5 Å². The van der Waals surface area contributed by atoms with Gasteiger partial charge in [-0.05, 0) is 6.42 Å². The third-order valence-corrected chi connectivity index (χ3v) is 1.93. The third-order valence-electron chi connectivity index (χ3n) is 1.93. The zero-order chi connectivity index (χ0) is 10.0. The minimum absolute atomic E-state index is 0.0452. The first-order valence-corrected chi connectivity index (χ1v) is 3.75. The van der Waals surface area contributed by atoms with Crippen LogP contribution in [0.4, 0.5) is 0 Å². The molecule has 6 nitrogen and oxygen atoms in total. The van der Waals surface area contributed by atoms with Crippen molar-refractivity contribution in [3.05, 3.63) is 0 Å². The van der Waals surface area contributed by atoms with E-state index in [1.165, 1.54) is 0 Å². The lowest BCUT2D eigenvalue weighted by Gasteiger charge is -2.24. The van der Waals surface area contributed by atoms with Crippen molar-refractivity contribution in [3.8, 4) is 0 Å². The molecule has 1 rings (SSSR count). The summed E-state index contributed by atoms with van der Waals surface area (Å²) in [5, 5.41) is 19.3. The topological polar surface area (TPSA) is 104 Å². The van der Waals surface area contributed by atoms with Crippen LogP contribution in [0.25, 0.3) is 0 Å². The van der Waals surface area contributed by atoms with Gasteiger partial charge in [-0.15, -0.1) is 0 Å². The van der Waals surface area contributed by atoms with Gasteiger partial charge in [-0.2, -0.15) is 0 Å². The van der Waals surface area contributed by atoms with Crippen LogP contribution in [0, 0.1) is 5.92 Å². The zero-order valence-electron chi connectivity index (χ0n) is 6.69. The molecule has 0 saturated carbocycles. The lowest BCUT2D eigenvalue weighted by molar-refractivity contribution is -0.150. The molecule has 0 spiro atoms. The first-order valence-electron chi connectivity index (χ1n) is 3.75. The fourth-order valence-electron chi connectivity index (χ4n) is 1.25. The molecule has 1 heterocycles. The maximum absolute atomic E-state index is 10.9. The molecule has 6 heteroatoms. The number of carboxylic acids is 2. The highest BCUT2D eigenvalue weighted by Crippen LogP contribution is 2.17. The molecule has 2 atom stereocenters. The smallest absolute Gasteiger partial charge is 0.326 e. The predicted molar refractivity (Wildman–Crippen MR) is 39.9 cm³/mol. The molecule has 13 heavy (non-hydrogen) atoms. The van der Waals surface area contributed by atoms with E-state index in [-0.39, 0.29) is 12.8 Å². The largest absolute Gasteiger partial charge is 0.481 e. The van der Waals surface area contributed by atoms with Gasteiger partial charge in [-0.25, -0.2) is 4.79 Å². The molecule has 1 amide bonds. The maximum Gasteiger partial charge on any atom is 0.326 e. The van der Waals surface area contributed by atoms with Crippen molar-refractivity contribution in [2.75, 3.05) is 0 Å². The van der Waals surface area contributed by atoms with Gasteiger partial charge in [0, 0.05) is 6.42 Å². The fourth-order valence-corrected chi connectivity index (χ4v) is 1.25. The average molecular weight is 187 g/mol. The second-order valence-corrected chi connectivity index (χ2v) is 2.93. The normalized spacial score (nSPS) is 27.8. The van der Waals surface area contributed by atoms with Gasteiger partial charge in [-0.3, -0.25) is 9.59 Å². The Hall–Kier alpha value is -1.59. The molecule has 0 aliphatic carbocycles. The molecular weight excluding hydrogens is 178 g/mol. The van der Waals surface area contributed by atoms with Crippen molar-refractivity contribution < 1.29 is 24.6 Å². The Morgan fingerprint density at radius 3 is 2.38 bits per heavy atom. The van der Waals surface area contributed by atoms with Crippen LogP contribution in [0.2, 0.25) is 0 Å². The summed E-state index contributed by atoms with van der Waals surface area (Å²) in [7, 11) is 0. The van der Waals surface area contributed by atoms with E-state index in [1.54, 1.807) is 0 Å². The summed E-state index contributed by atoms with van der Waals surface area (Å²) in [6.45, 7) is 0. The SMILES string of the molecule is O=C1C[C@@H](C(=O)O)C[C@@H](C(=O)O)N1. The zero-order valence-corrected chi connectivity index (χ0v) is 6.69. The van der Waals surface area contributed by atoms with Crippen molar-refractivity contribution in [3.63, 3.8) is 0 Å². The van der Waals surface area contributed by atoms with E-state index in [2.05, 4.69) is 5.32 Å². The van der Waals surface area contributed by atoms with Crippen LogP contribution in [-0.2, 0) is 14.4 Å². The quantitative estimate of drug-likeness (QED) is 0.517. The van der Waals surface area contributed by atoms with Crippen LogP contribution >= 0.6 is 0 Å². The average Bonchev–Trinajstić information content (AvgIpc) is 2.03. The second kappa shape index (κ2) is 3.42. The second-order valence-electron chi connectivity index (χ2n) is 2.93. The Morgan fingerprint density at radius 2 is 1.92 bits per heavy atom. The number of hydrogen-bond acceptors (Lipinski definition) is 3. The Morgan fingerprint density at radius 1 is 1.31 bits per heavy atom. The fraction of sp³-hybridized carbons (Fsp3) is 0.571.